The van der Waals surface area contributed by atoms with Crippen LogP contribution in [0.15, 0.2) is 16.9 Å². The first kappa shape index (κ1) is 8.13. The van der Waals surface area contributed by atoms with Gasteiger partial charge in [0, 0.05) is 12.4 Å². The van der Waals surface area contributed by atoms with E-state index in [1.54, 1.807) is 12.4 Å². The Hall–Kier alpha value is -0.480. The lowest BCUT2D eigenvalue weighted by molar-refractivity contribution is -0.0467. The third-order valence-corrected chi connectivity index (χ3v) is 2.63. The maximum atomic E-state index is 9.83. The second-order valence-electron chi connectivity index (χ2n) is 3.11. The fraction of sp³-hybridized carbons (Fsp3) is 0.500. The van der Waals surface area contributed by atoms with E-state index in [-0.39, 0.29) is 0 Å². The summed E-state index contributed by atoms with van der Waals surface area (Å²) in [5.74, 6) is 0.553. The largest absolute Gasteiger partial charge is 0.382 e. The Labute approximate surface area is 79.0 Å². The molecule has 0 atom stereocenters. The molecule has 0 spiro atoms. The van der Waals surface area contributed by atoms with Crippen molar-refractivity contribution >= 4 is 15.9 Å². The second kappa shape index (κ2) is 2.78. The van der Waals surface area contributed by atoms with E-state index in [4.69, 9.17) is 0 Å². The minimum atomic E-state index is -0.735. The van der Waals surface area contributed by atoms with Crippen molar-refractivity contribution in [2.75, 3.05) is 0 Å². The molecule has 12 heavy (non-hydrogen) atoms. The number of nitrogens with zero attached hydrogens (tertiary/aromatic N) is 2. The van der Waals surface area contributed by atoms with E-state index >= 15 is 0 Å². The molecule has 64 valence electrons. The topological polar surface area (TPSA) is 46.0 Å². The third kappa shape index (κ3) is 1.25. The van der Waals surface area contributed by atoms with Crippen molar-refractivity contribution in [1.82, 2.24) is 9.97 Å². The summed E-state index contributed by atoms with van der Waals surface area (Å²) in [5.41, 5.74) is -0.735. The van der Waals surface area contributed by atoms with Gasteiger partial charge in [-0.1, -0.05) is 0 Å². The van der Waals surface area contributed by atoms with Crippen molar-refractivity contribution < 1.29 is 5.11 Å². The van der Waals surface area contributed by atoms with Gasteiger partial charge in [0.25, 0.3) is 0 Å². The first-order chi connectivity index (χ1) is 5.71. The molecule has 1 aromatic rings. The molecular weight excluding hydrogens is 220 g/mol. The first-order valence-corrected chi connectivity index (χ1v) is 4.70. The van der Waals surface area contributed by atoms with Gasteiger partial charge in [-0.15, -0.1) is 0 Å². The maximum Gasteiger partial charge on any atom is 0.160 e. The lowest BCUT2D eigenvalue weighted by Crippen LogP contribution is -2.35. The summed E-state index contributed by atoms with van der Waals surface area (Å²) in [6, 6.07) is 0. The molecule has 0 bridgehead atoms. The van der Waals surface area contributed by atoms with E-state index in [2.05, 4.69) is 25.9 Å². The van der Waals surface area contributed by atoms with Gasteiger partial charge in [0.05, 0.1) is 4.47 Å². The predicted octanol–water partition coefficient (Wildman–Crippen LogP) is 1.61. The van der Waals surface area contributed by atoms with Crippen LogP contribution in [-0.2, 0) is 5.60 Å². The number of aliphatic hydroxyl groups is 1. The van der Waals surface area contributed by atoms with Crippen molar-refractivity contribution in [3.63, 3.8) is 0 Å². The molecule has 0 saturated heterocycles. The number of hydrogen-bond acceptors (Lipinski definition) is 3. The van der Waals surface area contributed by atoms with Crippen LogP contribution in [-0.4, -0.2) is 15.1 Å². The van der Waals surface area contributed by atoms with Gasteiger partial charge < -0.3 is 5.11 Å². The maximum absolute atomic E-state index is 9.83. The average Bonchev–Trinajstić information content (AvgIpc) is 2.02. The highest BCUT2D eigenvalue weighted by Gasteiger charge is 2.38. The number of aromatic nitrogens is 2. The Morgan fingerprint density at radius 2 is 1.92 bits per heavy atom. The van der Waals surface area contributed by atoms with Gasteiger partial charge in [-0.05, 0) is 35.2 Å². The van der Waals surface area contributed by atoms with E-state index < -0.39 is 5.60 Å². The third-order valence-electron chi connectivity index (χ3n) is 2.22. The normalized spacial score (nSPS) is 20.2. The second-order valence-corrected chi connectivity index (χ2v) is 4.03. The average molecular weight is 229 g/mol. The fourth-order valence-corrected chi connectivity index (χ4v) is 1.49. The van der Waals surface area contributed by atoms with Crippen molar-refractivity contribution in [3.8, 4) is 0 Å². The van der Waals surface area contributed by atoms with Crippen molar-refractivity contribution in [2.24, 2.45) is 0 Å². The number of halogens is 1. The lowest BCUT2D eigenvalue weighted by Gasteiger charge is -2.34. The standard InChI is InChI=1S/C8H9BrN2O/c9-6-4-10-7(11-5-6)8(12)2-1-3-8/h4-5,12H,1-3H2. The molecule has 1 aliphatic carbocycles. The Balaban J connectivity index is 2.28. The number of rotatable bonds is 1. The van der Waals surface area contributed by atoms with Gasteiger partial charge in [-0.3, -0.25) is 0 Å². The zero-order valence-corrected chi connectivity index (χ0v) is 8.08. The Kier molecular flexibility index (Phi) is 1.88. The molecule has 0 radical (unpaired) electrons. The molecular formula is C8H9BrN2O. The summed E-state index contributed by atoms with van der Waals surface area (Å²) < 4.78 is 0.842. The van der Waals surface area contributed by atoms with Crippen LogP contribution < -0.4 is 0 Å². The fourth-order valence-electron chi connectivity index (χ4n) is 1.29. The van der Waals surface area contributed by atoms with E-state index in [0.29, 0.717) is 5.82 Å². The summed E-state index contributed by atoms with van der Waals surface area (Å²) in [6.45, 7) is 0. The summed E-state index contributed by atoms with van der Waals surface area (Å²) in [7, 11) is 0. The van der Waals surface area contributed by atoms with Gasteiger partial charge in [0.1, 0.15) is 5.60 Å². The Bertz CT molecular complexity index is 282. The first-order valence-electron chi connectivity index (χ1n) is 3.91. The molecule has 1 fully saturated rings. The zero-order chi connectivity index (χ0) is 8.60. The smallest absolute Gasteiger partial charge is 0.160 e. The highest BCUT2D eigenvalue weighted by atomic mass is 79.9. The van der Waals surface area contributed by atoms with E-state index in [1.165, 1.54) is 0 Å². The van der Waals surface area contributed by atoms with Crippen LogP contribution in [0.3, 0.4) is 0 Å². The van der Waals surface area contributed by atoms with Crippen molar-refractivity contribution in [1.29, 1.82) is 0 Å². The quantitative estimate of drug-likeness (QED) is 0.795. The molecule has 3 nitrogen and oxygen atoms in total. The summed E-state index contributed by atoms with van der Waals surface area (Å²) in [4.78, 5) is 8.13. The monoisotopic (exact) mass is 228 g/mol. The molecule has 4 heteroatoms. The molecule has 1 saturated carbocycles. The van der Waals surface area contributed by atoms with Crippen molar-refractivity contribution in [2.45, 2.75) is 24.9 Å². The highest BCUT2D eigenvalue weighted by Crippen LogP contribution is 2.38. The van der Waals surface area contributed by atoms with E-state index in [0.717, 1.165) is 23.7 Å². The summed E-state index contributed by atoms with van der Waals surface area (Å²) in [5, 5.41) is 9.83. The predicted molar refractivity (Wildman–Crippen MR) is 47.5 cm³/mol. The van der Waals surface area contributed by atoms with Crippen molar-refractivity contribution in [3.05, 3.63) is 22.7 Å². The van der Waals surface area contributed by atoms with E-state index in [1.807, 2.05) is 0 Å². The molecule has 0 unspecified atom stereocenters. The molecule has 0 aliphatic heterocycles. The lowest BCUT2D eigenvalue weighted by atomic mass is 9.79. The molecule has 1 aliphatic rings. The molecule has 2 rings (SSSR count). The molecule has 1 aromatic heterocycles. The molecule has 1 heterocycles. The molecule has 0 aromatic carbocycles. The van der Waals surface area contributed by atoms with Gasteiger partial charge in [0.2, 0.25) is 0 Å². The van der Waals surface area contributed by atoms with Gasteiger partial charge in [-0.25, -0.2) is 9.97 Å². The molecule has 1 N–H and O–H groups in total. The molecule has 0 amide bonds. The minimum Gasteiger partial charge on any atom is -0.382 e. The summed E-state index contributed by atoms with van der Waals surface area (Å²) >= 11 is 3.25. The van der Waals surface area contributed by atoms with Crippen LogP contribution in [0.25, 0.3) is 0 Å². The highest BCUT2D eigenvalue weighted by molar-refractivity contribution is 9.10. The number of hydrogen-bond donors (Lipinski definition) is 1. The minimum absolute atomic E-state index is 0.553. The van der Waals surface area contributed by atoms with E-state index in [9.17, 15) is 5.11 Å². The van der Waals surface area contributed by atoms with Crippen LogP contribution in [0, 0.1) is 0 Å². The van der Waals surface area contributed by atoms with Crippen LogP contribution >= 0.6 is 15.9 Å². The van der Waals surface area contributed by atoms with Crippen LogP contribution in [0.1, 0.15) is 25.1 Å². The van der Waals surface area contributed by atoms with Gasteiger partial charge >= 0.3 is 0 Å². The van der Waals surface area contributed by atoms with Crippen LogP contribution in [0.5, 0.6) is 0 Å². The van der Waals surface area contributed by atoms with Crippen LogP contribution in [0.4, 0.5) is 0 Å². The van der Waals surface area contributed by atoms with Gasteiger partial charge in [-0.2, -0.15) is 0 Å². The Morgan fingerprint density at radius 3 is 2.33 bits per heavy atom. The van der Waals surface area contributed by atoms with Gasteiger partial charge in [0.15, 0.2) is 5.82 Å². The summed E-state index contributed by atoms with van der Waals surface area (Å²) in [6.07, 6.45) is 5.97. The zero-order valence-electron chi connectivity index (χ0n) is 6.50. The van der Waals surface area contributed by atoms with Crippen LogP contribution in [0.2, 0.25) is 0 Å². The SMILES string of the molecule is OC1(c2ncc(Br)cn2)CCC1. The Morgan fingerprint density at radius 1 is 1.33 bits per heavy atom.